The van der Waals surface area contributed by atoms with Crippen LogP contribution >= 0.6 is 0 Å². The summed E-state index contributed by atoms with van der Waals surface area (Å²) in [6, 6.07) is 18.0. The van der Waals surface area contributed by atoms with Gasteiger partial charge >= 0.3 is 0 Å². The molecule has 2 aromatic rings. The fourth-order valence-corrected chi connectivity index (χ4v) is 3.57. The van der Waals surface area contributed by atoms with Crippen molar-refractivity contribution < 1.29 is 4.79 Å². The average molecular weight is 312 g/mol. The number of carbonyl (C=O) groups is 1. The number of aryl methyl sites for hydroxylation is 1. The highest BCUT2D eigenvalue weighted by Crippen LogP contribution is 2.46. The van der Waals surface area contributed by atoms with Crippen molar-refractivity contribution in [3.63, 3.8) is 0 Å². The molecule has 0 aromatic heterocycles. The third-order valence-electron chi connectivity index (χ3n) is 4.78. The lowest BCUT2D eigenvalue weighted by atomic mass is 9.80. The molecule has 2 aromatic carbocycles. The number of nitrogens with zero attached hydrogens (tertiary/aromatic N) is 1. The number of dihydropyridines is 1. The van der Waals surface area contributed by atoms with E-state index in [4.69, 9.17) is 0 Å². The summed E-state index contributed by atoms with van der Waals surface area (Å²) in [7, 11) is 0. The molecule has 0 spiro atoms. The van der Waals surface area contributed by atoms with E-state index in [2.05, 4.69) is 11.4 Å². The number of ketones is 1. The van der Waals surface area contributed by atoms with Crippen molar-refractivity contribution in [1.82, 2.24) is 5.32 Å². The Morgan fingerprint density at radius 1 is 1.00 bits per heavy atom. The summed E-state index contributed by atoms with van der Waals surface area (Å²) in [6.45, 7) is 3.93. The maximum atomic E-state index is 13.0. The topological polar surface area (TPSA) is 52.9 Å². The molecule has 0 radical (unpaired) electrons. The molecule has 0 saturated carbocycles. The highest BCUT2D eigenvalue weighted by atomic mass is 16.1. The predicted octanol–water partition coefficient (Wildman–Crippen LogP) is 4.09. The van der Waals surface area contributed by atoms with Crippen molar-refractivity contribution in [3.8, 4) is 6.07 Å². The molecule has 1 aliphatic carbocycles. The normalized spacial score (nSPS) is 18.9. The molecule has 116 valence electrons. The zero-order chi connectivity index (χ0) is 16.8. The molecule has 0 bridgehead atoms. The molecule has 4 rings (SSSR count). The fourth-order valence-electron chi connectivity index (χ4n) is 3.57. The Morgan fingerprint density at radius 3 is 2.33 bits per heavy atom. The molecule has 2 aliphatic rings. The van der Waals surface area contributed by atoms with Crippen LogP contribution in [0.5, 0.6) is 0 Å². The standard InChI is InChI=1S/C21H16N2O/c1-12-7-9-14(10-8-12)18-17(11-22)13(2)23-20-15-5-3-4-6-16(15)21(24)19(18)20/h3-10,18,23H,1-2H3. The first-order valence-corrected chi connectivity index (χ1v) is 7.94. The molecule has 1 aliphatic heterocycles. The van der Waals surface area contributed by atoms with Crippen LogP contribution in [0.15, 0.2) is 65.4 Å². The van der Waals surface area contributed by atoms with Crippen LogP contribution < -0.4 is 5.32 Å². The number of Topliss-reactive ketones (excluding diaryl/α,β-unsaturated/α-hetero) is 1. The van der Waals surface area contributed by atoms with Crippen LogP contribution in [0, 0.1) is 18.3 Å². The quantitative estimate of drug-likeness (QED) is 0.863. The van der Waals surface area contributed by atoms with Gasteiger partial charge in [0, 0.05) is 22.4 Å². The predicted molar refractivity (Wildman–Crippen MR) is 93.1 cm³/mol. The van der Waals surface area contributed by atoms with Gasteiger partial charge in [-0.05, 0) is 19.4 Å². The van der Waals surface area contributed by atoms with E-state index in [1.54, 1.807) is 0 Å². The molecule has 1 atom stereocenters. The van der Waals surface area contributed by atoms with Crippen molar-refractivity contribution in [3.05, 3.63) is 87.6 Å². The minimum absolute atomic E-state index is 0.0129. The SMILES string of the molecule is CC1=C(C#N)C(c2ccc(C)cc2)C2=C(N1)c1ccccc1C2=O. The Bertz CT molecular complexity index is 972. The second kappa shape index (κ2) is 5.21. The Hall–Kier alpha value is -3.12. The summed E-state index contributed by atoms with van der Waals surface area (Å²) in [4.78, 5) is 13.0. The number of carbonyl (C=O) groups excluding carboxylic acids is 1. The molecule has 1 heterocycles. The lowest BCUT2D eigenvalue weighted by Gasteiger charge is -2.27. The summed E-state index contributed by atoms with van der Waals surface area (Å²) in [5.74, 6) is -0.300. The third kappa shape index (κ3) is 1.93. The number of fused-ring (bicyclic) bond motifs is 2. The van der Waals surface area contributed by atoms with Gasteiger partial charge in [0.1, 0.15) is 0 Å². The summed E-state index contributed by atoms with van der Waals surface area (Å²) in [6.07, 6.45) is 0. The molecular formula is C21H16N2O. The lowest BCUT2D eigenvalue weighted by molar-refractivity contribution is 0.103. The zero-order valence-corrected chi connectivity index (χ0v) is 13.6. The average Bonchev–Trinajstić information content (AvgIpc) is 2.87. The fraction of sp³-hybridized carbons (Fsp3) is 0.143. The summed E-state index contributed by atoms with van der Waals surface area (Å²) < 4.78 is 0. The van der Waals surface area contributed by atoms with Crippen molar-refractivity contribution in [1.29, 1.82) is 5.26 Å². The van der Waals surface area contributed by atoms with Crippen molar-refractivity contribution in [2.24, 2.45) is 0 Å². The van der Waals surface area contributed by atoms with Gasteiger partial charge in [-0.2, -0.15) is 5.26 Å². The summed E-state index contributed by atoms with van der Waals surface area (Å²) in [5, 5.41) is 13.0. The molecule has 1 N–H and O–H groups in total. The van der Waals surface area contributed by atoms with Gasteiger partial charge in [0.2, 0.25) is 0 Å². The van der Waals surface area contributed by atoms with Gasteiger partial charge in [-0.25, -0.2) is 0 Å². The minimum atomic E-state index is -0.313. The number of allylic oxidation sites excluding steroid dienone is 3. The van der Waals surface area contributed by atoms with E-state index >= 15 is 0 Å². The maximum absolute atomic E-state index is 13.0. The second-order valence-electron chi connectivity index (χ2n) is 6.28. The van der Waals surface area contributed by atoms with E-state index in [0.29, 0.717) is 16.7 Å². The summed E-state index contributed by atoms with van der Waals surface area (Å²) >= 11 is 0. The van der Waals surface area contributed by atoms with E-state index in [9.17, 15) is 10.1 Å². The molecule has 0 amide bonds. The van der Waals surface area contributed by atoms with Gasteiger partial charge in [-0.1, -0.05) is 54.1 Å². The number of hydrogen-bond donors (Lipinski definition) is 1. The van der Waals surface area contributed by atoms with Crippen LogP contribution in [-0.2, 0) is 0 Å². The van der Waals surface area contributed by atoms with E-state index in [-0.39, 0.29) is 11.7 Å². The van der Waals surface area contributed by atoms with Crippen molar-refractivity contribution in [2.45, 2.75) is 19.8 Å². The third-order valence-corrected chi connectivity index (χ3v) is 4.78. The number of nitrogens with one attached hydrogen (secondary N) is 1. The van der Waals surface area contributed by atoms with Gasteiger partial charge in [0.25, 0.3) is 0 Å². The molecule has 1 unspecified atom stereocenters. The van der Waals surface area contributed by atoms with Gasteiger partial charge in [0.05, 0.1) is 23.3 Å². The van der Waals surface area contributed by atoms with Crippen molar-refractivity contribution >= 4 is 11.5 Å². The smallest absolute Gasteiger partial charge is 0.192 e. The van der Waals surface area contributed by atoms with E-state index in [1.165, 1.54) is 0 Å². The molecule has 3 nitrogen and oxygen atoms in total. The number of rotatable bonds is 1. The Morgan fingerprint density at radius 2 is 1.67 bits per heavy atom. The molecule has 0 fully saturated rings. The number of nitriles is 1. The number of benzene rings is 2. The first-order valence-electron chi connectivity index (χ1n) is 7.94. The highest BCUT2D eigenvalue weighted by molar-refractivity contribution is 6.22. The lowest BCUT2D eigenvalue weighted by Crippen LogP contribution is -2.24. The molecular weight excluding hydrogens is 296 g/mol. The van der Waals surface area contributed by atoms with Gasteiger partial charge in [0.15, 0.2) is 5.78 Å². The summed E-state index contributed by atoms with van der Waals surface area (Å²) in [5.41, 5.74) is 6.71. The highest BCUT2D eigenvalue weighted by Gasteiger charge is 2.40. The van der Waals surface area contributed by atoms with Gasteiger partial charge in [-0.15, -0.1) is 0 Å². The van der Waals surface area contributed by atoms with Crippen LogP contribution in [-0.4, -0.2) is 5.78 Å². The first kappa shape index (κ1) is 14.5. The Balaban J connectivity index is 1.95. The van der Waals surface area contributed by atoms with Gasteiger partial charge < -0.3 is 5.32 Å². The minimum Gasteiger partial charge on any atom is -0.357 e. The van der Waals surface area contributed by atoms with Gasteiger partial charge in [-0.3, -0.25) is 4.79 Å². The maximum Gasteiger partial charge on any atom is 0.192 e. The molecule has 0 saturated heterocycles. The zero-order valence-electron chi connectivity index (χ0n) is 13.6. The monoisotopic (exact) mass is 312 g/mol. The second-order valence-corrected chi connectivity index (χ2v) is 6.28. The van der Waals surface area contributed by atoms with E-state index in [0.717, 1.165) is 28.1 Å². The van der Waals surface area contributed by atoms with Crippen LogP contribution in [0.3, 0.4) is 0 Å². The Kier molecular flexibility index (Phi) is 3.14. The molecule has 24 heavy (non-hydrogen) atoms. The van der Waals surface area contributed by atoms with Crippen LogP contribution in [0.4, 0.5) is 0 Å². The van der Waals surface area contributed by atoms with Crippen LogP contribution in [0.1, 0.15) is 39.9 Å². The van der Waals surface area contributed by atoms with Crippen LogP contribution in [0.25, 0.3) is 5.70 Å². The molecule has 3 heteroatoms. The first-order chi connectivity index (χ1) is 11.6. The van der Waals surface area contributed by atoms with Crippen LogP contribution in [0.2, 0.25) is 0 Å². The van der Waals surface area contributed by atoms with E-state index < -0.39 is 0 Å². The van der Waals surface area contributed by atoms with E-state index in [1.807, 2.05) is 62.4 Å². The largest absolute Gasteiger partial charge is 0.357 e. The number of hydrogen-bond acceptors (Lipinski definition) is 3. The Labute approximate surface area is 140 Å². The van der Waals surface area contributed by atoms with Crippen molar-refractivity contribution in [2.75, 3.05) is 0 Å².